The number of esters is 1. The number of rotatable bonds is 9. The number of amides is 2. The number of carbonyl (C=O) groups excluding carboxylic acids is 3. The van der Waals surface area contributed by atoms with E-state index in [9.17, 15) is 14.4 Å². The van der Waals surface area contributed by atoms with Gasteiger partial charge in [0, 0.05) is 13.0 Å². The topological polar surface area (TPSA) is 84.9 Å². The van der Waals surface area contributed by atoms with Gasteiger partial charge in [0.05, 0.1) is 20.3 Å². The van der Waals surface area contributed by atoms with Crippen molar-refractivity contribution in [2.24, 2.45) is 11.8 Å². The lowest BCUT2D eigenvalue weighted by Crippen LogP contribution is -2.46. The molecule has 170 valence electrons. The van der Waals surface area contributed by atoms with Crippen molar-refractivity contribution >= 4 is 17.8 Å². The summed E-state index contributed by atoms with van der Waals surface area (Å²) in [5.74, 6) is 0.895. The smallest absolute Gasteiger partial charge is 0.328 e. The van der Waals surface area contributed by atoms with E-state index in [1.54, 1.807) is 4.90 Å². The first-order valence-electron chi connectivity index (χ1n) is 11.4. The number of ether oxygens (including phenoxy) is 2. The summed E-state index contributed by atoms with van der Waals surface area (Å²) in [4.78, 5) is 38.8. The molecule has 1 heterocycles. The van der Waals surface area contributed by atoms with Crippen LogP contribution in [0.5, 0.6) is 5.75 Å². The molecule has 1 aromatic rings. The molecule has 1 aromatic carbocycles. The van der Waals surface area contributed by atoms with Gasteiger partial charge in [0.25, 0.3) is 0 Å². The second kappa shape index (κ2) is 11.7. The summed E-state index contributed by atoms with van der Waals surface area (Å²) in [5.41, 5.74) is 0. The highest BCUT2D eigenvalue weighted by atomic mass is 16.5. The van der Waals surface area contributed by atoms with Crippen molar-refractivity contribution in [1.29, 1.82) is 0 Å². The van der Waals surface area contributed by atoms with E-state index in [0.717, 1.165) is 5.75 Å². The Balaban J connectivity index is 1.42. The Morgan fingerprint density at radius 2 is 1.81 bits per heavy atom. The minimum Gasteiger partial charge on any atom is -0.494 e. The zero-order valence-corrected chi connectivity index (χ0v) is 18.4. The van der Waals surface area contributed by atoms with Gasteiger partial charge in [-0.1, -0.05) is 50.3 Å². The number of carbonyl (C=O) groups is 3. The van der Waals surface area contributed by atoms with Crippen molar-refractivity contribution in [3.05, 3.63) is 30.3 Å². The Labute approximate surface area is 184 Å². The minimum absolute atomic E-state index is 0.0940. The lowest BCUT2D eigenvalue weighted by atomic mass is 9.79. The minimum atomic E-state index is -0.541. The quantitative estimate of drug-likeness (QED) is 0.481. The van der Waals surface area contributed by atoms with Gasteiger partial charge < -0.3 is 19.7 Å². The van der Waals surface area contributed by atoms with Crippen LogP contribution in [-0.2, 0) is 19.1 Å². The summed E-state index contributed by atoms with van der Waals surface area (Å²) in [7, 11) is 1.36. The fourth-order valence-corrected chi connectivity index (χ4v) is 4.75. The monoisotopic (exact) mass is 430 g/mol. The number of nitrogens with zero attached hydrogens (tertiary/aromatic N) is 1. The normalized spacial score (nSPS) is 21.5. The van der Waals surface area contributed by atoms with E-state index in [0.29, 0.717) is 37.8 Å². The van der Waals surface area contributed by atoms with Crippen molar-refractivity contribution in [3.8, 4) is 5.75 Å². The number of benzene rings is 1. The van der Waals surface area contributed by atoms with Gasteiger partial charge in [0.15, 0.2) is 0 Å². The predicted molar refractivity (Wildman–Crippen MR) is 116 cm³/mol. The maximum absolute atomic E-state index is 12.8. The van der Waals surface area contributed by atoms with Crippen LogP contribution in [0.25, 0.3) is 0 Å². The number of para-hydroxylation sites is 1. The predicted octanol–water partition coefficient (Wildman–Crippen LogP) is 2.93. The van der Waals surface area contributed by atoms with Crippen molar-refractivity contribution in [2.75, 3.05) is 26.8 Å². The van der Waals surface area contributed by atoms with Crippen molar-refractivity contribution in [2.45, 2.75) is 57.4 Å². The molecular formula is C24H34N2O5. The third-order valence-corrected chi connectivity index (χ3v) is 6.44. The van der Waals surface area contributed by atoms with E-state index in [-0.39, 0.29) is 30.7 Å². The first-order chi connectivity index (χ1) is 15.1. The van der Waals surface area contributed by atoms with Crippen LogP contribution < -0.4 is 10.1 Å². The molecule has 7 nitrogen and oxygen atoms in total. The van der Waals surface area contributed by atoms with Crippen LogP contribution in [0, 0.1) is 11.8 Å². The van der Waals surface area contributed by atoms with Crippen LogP contribution in [0.1, 0.15) is 51.4 Å². The van der Waals surface area contributed by atoms with E-state index in [2.05, 4.69) is 5.32 Å². The molecule has 2 fully saturated rings. The molecule has 7 heteroatoms. The molecule has 0 bridgehead atoms. The third-order valence-electron chi connectivity index (χ3n) is 6.44. The van der Waals surface area contributed by atoms with Crippen molar-refractivity contribution in [1.82, 2.24) is 10.2 Å². The van der Waals surface area contributed by atoms with E-state index >= 15 is 0 Å². The Bertz CT molecular complexity index is 733. The molecule has 0 aromatic heterocycles. The van der Waals surface area contributed by atoms with E-state index < -0.39 is 6.04 Å². The van der Waals surface area contributed by atoms with Crippen LogP contribution in [0.4, 0.5) is 0 Å². The van der Waals surface area contributed by atoms with Crippen LogP contribution in [0.15, 0.2) is 30.3 Å². The van der Waals surface area contributed by atoms with E-state index in [1.165, 1.54) is 39.2 Å². The highest BCUT2D eigenvalue weighted by molar-refractivity contribution is 5.88. The second-order valence-electron chi connectivity index (χ2n) is 8.52. The standard InChI is InChI=1S/C24H34N2O5/c1-30-24(29)21-15-19(18-9-4-2-5-10-18)17-26(21)23(28)16-25-22(27)13-8-14-31-20-11-6-3-7-12-20/h3,6-7,11-12,18-19,21H,2,4-5,8-10,13-17H2,1H3,(H,25,27). The average Bonchev–Trinajstić information content (AvgIpc) is 3.27. The third kappa shape index (κ3) is 6.71. The Morgan fingerprint density at radius 3 is 2.52 bits per heavy atom. The number of methoxy groups -OCH3 is 1. The van der Waals surface area contributed by atoms with Gasteiger partial charge in [-0.25, -0.2) is 4.79 Å². The molecule has 1 saturated heterocycles. The van der Waals surface area contributed by atoms with E-state index in [1.807, 2.05) is 30.3 Å². The van der Waals surface area contributed by atoms with Crippen molar-refractivity contribution < 1.29 is 23.9 Å². The van der Waals surface area contributed by atoms with Crippen molar-refractivity contribution in [3.63, 3.8) is 0 Å². The van der Waals surface area contributed by atoms with Gasteiger partial charge in [-0.2, -0.15) is 0 Å². The largest absolute Gasteiger partial charge is 0.494 e. The molecule has 1 saturated carbocycles. The zero-order chi connectivity index (χ0) is 22.1. The highest BCUT2D eigenvalue weighted by Gasteiger charge is 2.42. The highest BCUT2D eigenvalue weighted by Crippen LogP contribution is 2.37. The lowest BCUT2D eigenvalue weighted by molar-refractivity contribution is -0.150. The van der Waals surface area contributed by atoms with E-state index in [4.69, 9.17) is 9.47 Å². The summed E-state index contributed by atoms with van der Waals surface area (Å²) in [6, 6.07) is 8.90. The summed E-state index contributed by atoms with van der Waals surface area (Å²) in [5, 5.41) is 2.69. The maximum Gasteiger partial charge on any atom is 0.328 e. The summed E-state index contributed by atoms with van der Waals surface area (Å²) >= 11 is 0. The SMILES string of the molecule is COC(=O)C1CC(C2CCCCC2)CN1C(=O)CNC(=O)CCCOc1ccccc1. The summed E-state index contributed by atoms with van der Waals surface area (Å²) in [6.07, 6.45) is 7.57. The molecule has 1 aliphatic carbocycles. The summed E-state index contributed by atoms with van der Waals surface area (Å²) < 4.78 is 10.5. The molecule has 0 radical (unpaired) electrons. The first-order valence-corrected chi connectivity index (χ1v) is 11.4. The van der Waals surface area contributed by atoms with Gasteiger partial charge in [-0.3, -0.25) is 9.59 Å². The Hall–Kier alpha value is -2.57. The molecule has 2 atom stereocenters. The maximum atomic E-state index is 12.8. The fourth-order valence-electron chi connectivity index (χ4n) is 4.75. The molecule has 0 spiro atoms. The van der Waals surface area contributed by atoms with Gasteiger partial charge in [-0.05, 0) is 36.8 Å². The molecule has 1 aliphatic heterocycles. The van der Waals surface area contributed by atoms with Gasteiger partial charge in [0.2, 0.25) is 11.8 Å². The number of hydrogen-bond acceptors (Lipinski definition) is 5. The molecule has 2 unspecified atom stereocenters. The zero-order valence-electron chi connectivity index (χ0n) is 18.4. The molecule has 2 aliphatic rings. The molecule has 3 rings (SSSR count). The number of hydrogen-bond donors (Lipinski definition) is 1. The fraction of sp³-hybridized carbons (Fsp3) is 0.625. The van der Waals surface area contributed by atoms with Crippen LogP contribution >= 0.6 is 0 Å². The van der Waals surface area contributed by atoms with Crippen LogP contribution in [0.2, 0.25) is 0 Å². The number of likely N-dealkylation sites (tertiary alicyclic amines) is 1. The number of nitrogens with one attached hydrogen (secondary N) is 1. The first kappa shape index (κ1) is 23.1. The Kier molecular flexibility index (Phi) is 8.74. The van der Waals surface area contributed by atoms with Gasteiger partial charge >= 0.3 is 5.97 Å². The summed E-state index contributed by atoms with van der Waals surface area (Å²) in [6.45, 7) is 0.915. The van der Waals surface area contributed by atoms with Crippen LogP contribution in [0.3, 0.4) is 0 Å². The second-order valence-corrected chi connectivity index (χ2v) is 8.52. The molecule has 31 heavy (non-hydrogen) atoms. The molecule has 2 amide bonds. The van der Waals surface area contributed by atoms with Gasteiger partial charge in [0.1, 0.15) is 11.8 Å². The van der Waals surface area contributed by atoms with Gasteiger partial charge in [-0.15, -0.1) is 0 Å². The molecular weight excluding hydrogens is 396 g/mol. The average molecular weight is 431 g/mol. The Morgan fingerprint density at radius 1 is 1.06 bits per heavy atom. The molecule has 1 N–H and O–H groups in total. The lowest BCUT2D eigenvalue weighted by Gasteiger charge is -2.27. The van der Waals surface area contributed by atoms with Crippen LogP contribution in [-0.4, -0.2) is 55.5 Å².